The van der Waals surface area contributed by atoms with E-state index in [1.165, 1.54) is 43.2 Å². The van der Waals surface area contributed by atoms with Crippen LogP contribution in [0.1, 0.15) is 56.9 Å². The van der Waals surface area contributed by atoms with Gasteiger partial charge in [0.25, 0.3) is 0 Å². The minimum Gasteiger partial charge on any atom is -0.219 e. The van der Waals surface area contributed by atoms with E-state index in [0.29, 0.717) is 5.92 Å². The van der Waals surface area contributed by atoms with Gasteiger partial charge in [-0.1, -0.05) is 50.5 Å². The monoisotopic (exact) mass is 268 g/mol. The summed E-state index contributed by atoms with van der Waals surface area (Å²) in [5.41, 5.74) is 2.74. The zero-order chi connectivity index (χ0) is 13.6. The zero-order valence-corrected chi connectivity index (χ0v) is 11.9. The first kappa shape index (κ1) is 12.1. The summed E-state index contributed by atoms with van der Waals surface area (Å²) in [4.78, 5) is 0. The van der Waals surface area contributed by atoms with Crippen molar-refractivity contribution in [2.45, 2.75) is 56.9 Å². The van der Waals surface area contributed by atoms with E-state index in [0.717, 1.165) is 12.2 Å². The van der Waals surface area contributed by atoms with Crippen LogP contribution in [0.5, 0.6) is 0 Å². The normalized spacial score (nSPS) is 23.9. The van der Waals surface area contributed by atoms with Gasteiger partial charge in [-0.15, -0.1) is 5.10 Å². The highest BCUT2D eigenvalue weighted by Gasteiger charge is 2.41. The summed E-state index contributed by atoms with van der Waals surface area (Å²) in [6.07, 6.45) is 7.51. The predicted octanol–water partition coefficient (Wildman–Crippen LogP) is 3.51. The van der Waals surface area contributed by atoms with Gasteiger partial charge < -0.3 is 0 Å². The summed E-state index contributed by atoms with van der Waals surface area (Å²) in [6.45, 7) is 2.34. The molecule has 1 aliphatic carbocycles. The van der Waals surface area contributed by atoms with Crippen molar-refractivity contribution in [3.8, 4) is 11.4 Å². The molecule has 1 aliphatic heterocycles. The molecule has 4 heteroatoms. The topological polar surface area (TPSA) is 43.6 Å². The smallest absolute Gasteiger partial charge is 0.182 e. The van der Waals surface area contributed by atoms with E-state index >= 15 is 0 Å². The number of tetrazole rings is 1. The van der Waals surface area contributed by atoms with Crippen LogP contribution in [-0.2, 0) is 5.54 Å². The van der Waals surface area contributed by atoms with E-state index in [9.17, 15) is 0 Å². The van der Waals surface area contributed by atoms with E-state index in [1.54, 1.807) is 0 Å². The second kappa shape index (κ2) is 4.40. The van der Waals surface area contributed by atoms with Gasteiger partial charge >= 0.3 is 0 Å². The fourth-order valence-electron chi connectivity index (χ4n) is 4.20. The van der Waals surface area contributed by atoms with Crippen molar-refractivity contribution in [1.82, 2.24) is 20.2 Å². The molecule has 1 saturated carbocycles. The summed E-state index contributed by atoms with van der Waals surface area (Å²) in [7, 11) is 0. The molecule has 1 spiro atoms. The lowest BCUT2D eigenvalue weighted by Gasteiger charge is -2.38. The number of hydrogen-bond donors (Lipinski definition) is 0. The first-order valence-electron chi connectivity index (χ1n) is 7.68. The van der Waals surface area contributed by atoms with Crippen molar-refractivity contribution >= 4 is 0 Å². The van der Waals surface area contributed by atoms with Gasteiger partial charge in [0, 0.05) is 5.56 Å². The second-order valence-electron chi connectivity index (χ2n) is 6.39. The number of hydrogen-bond acceptors (Lipinski definition) is 3. The van der Waals surface area contributed by atoms with Crippen LogP contribution in [0.4, 0.5) is 0 Å². The molecule has 1 atom stereocenters. The van der Waals surface area contributed by atoms with Crippen LogP contribution in [-0.4, -0.2) is 20.2 Å². The Kier molecular flexibility index (Phi) is 2.65. The highest BCUT2D eigenvalue weighted by Crippen LogP contribution is 2.47. The molecule has 1 aromatic carbocycles. The Balaban J connectivity index is 1.93. The van der Waals surface area contributed by atoms with Gasteiger partial charge in [-0.25, -0.2) is 4.68 Å². The van der Waals surface area contributed by atoms with Crippen LogP contribution < -0.4 is 0 Å². The molecule has 1 unspecified atom stereocenters. The fourth-order valence-corrected chi connectivity index (χ4v) is 4.20. The van der Waals surface area contributed by atoms with Crippen LogP contribution in [0.3, 0.4) is 0 Å². The number of benzene rings is 1. The lowest BCUT2D eigenvalue weighted by atomic mass is 9.75. The SMILES string of the molecule is CC1CC2(CCCCC2)n2nnnc2-c2ccccc21. The molecular weight excluding hydrogens is 248 g/mol. The Labute approximate surface area is 119 Å². The Hall–Kier alpha value is -1.71. The van der Waals surface area contributed by atoms with Crippen LogP contribution in [0.2, 0.25) is 0 Å². The second-order valence-corrected chi connectivity index (χ2v) is 6.39. The molecule has 2 heterocycles. The predicted molar refractivity (Wildman–Crippen MR) is 77.3 cm³/mol. The summed E-state index contributed by atoms with van der Waals surface area (Å²) in [5.74, 6) is 1.51. The summed E-state index contributed by atoms with van der Waals surface area (Å²) in [6, 6.07) is 8.61. The standard InChI is InChI=1S/C16H20N4/c1-12-11-16(9-5-2-6-10-16)20-15(17-18-19-20)14-8-4-3-7-13(12)14/h3-4,7-8,12H,2,5-6,9-11H2,1H3. The Morgan fingerprint density at radius 3 is 2.80 bits per heavy atom. The summed E-state index contributed by atoms with van der Waals surface area (Å²) >= 11 is 0. The summed E-state index contributed by atoms with van der Waals surface area (Å²) in [5, 5.41) is 12.7. The minimum atomic E-state index is 0.134. The lowest BCUT2D eigenvalue weighted by Crippen LogP contribution is -2.37. The molecule has 20 heavy (non-hydrogen) atoms. The van der Waals surface area contributed by atoms with Crippen molar-refractivity contribution in [2.75, 3.05) is 0 Å². The van der Waals surface area contributed by atoms with Crippen molar-refractivity contribution in [1.29, 1.82) is 0 Å². The van der Waals surface area contributed by atoms with Crippen molar-refractivity contribution in [3.63, 3.8) is 0 Å². The maximum Gasteiger partial charge on any atom is 0.182 e. The first-order valence-corrected chi connectivity index (χ1v) is 7.68. The van der Waals surface area contributed by atoms with Crippen molar-refractivity contribution < 1.29 is 0 Å². The molecule has 0 N–H and O–H groups in total. The molecule has 0 bridgehead atoms. The lowest BCUT2D eigenvalue weighted by molar-refractivity contribution is 0.151. The maximum atomic E-state index is 4.38. The molecular formula is C16H20N4. The van der Waals surface area contributed by atoms with Crippen LogP contribution in [0.15, 0.2) is 24.3 Å². The number of fused-ring (bicyclic) bond motifs is 4. The number of aromatic nitrogens is 4. The maximum absolute atomic E-state index is 4.38. The highest BCUT2D eigenvalue weighted by atomic mass is 15.6. The van der Waals surface area contributed by atoms with Gasteiger partial charge in [0.15, 0.2) is 5.82 Å². The quantitative estimate of drug-likeness (QED) is 0.734. The molecule has 0 saturated heterocycles. The fraction of sp³-hybridized carbons (Fsp3) is 0.562. The molecule has 4 nitrogen and oxygen atoms in total. The molecule has 0 amide bonds. The van der Waals surface area contributed by atoms with E-state index in [1.807, 2.05) is 0 Å². The summed E-state index contributed by atoms with van der Waals surface area (Å²) < 4.78 is 2.15. The van der Waals surface area contributed by atoms with Crippen LogP contribution in [0.25, 0.3) is 11.4 Å². The molecule has 0 radical (unpaired) electrons. The average Bonchev–Trinajstić information content (AvgIpc) is 2.95. The van der Waals surface area contributed by atoms with E-state index < -0.39 is 0 Å². The molecule has 1 aromatic heterocycles. The number of nitrogens with zero attached hydrogens (tertiary/aromatic N) is 4. The van der Waals surface area contributed by atoms with Gasteiger partial charge in [0.2, 0.25) is 0 Å². The Bertz CT molecular complexity index is 625. The van der Waals surface area contributed by atoms with Gasteiger partial charge in [-0.3, -0.25) is 0 Å². The van der Waals surface area contributed by atoms with E-state index in [4.69, 9.17) is 0 Å². The molecule has 104 valence electrons. The molecule has 4 rings (SSSR count). The zero-order valence-electron chi connectivity index (χ0n) is 11.9. The first-order chi connectivity index (χ1) is 9.80. The van der Waals surface area contributed by atoms with E-state index in [2.05, 4.69) is 51.4 Å². The van der Waals surface area contributed by atoms with Gasteiger partial charge in [-0.05, 0) is 41.2 Å². The van der Waals surface area contributed by atoms with Crippen LogP contribution in [0, 0.1) is 0 Å². The largest absolute Gasteiger partial charge is 0.219 e. The Morgan fingerprint density at radius 1 is 1.15 bits per heavy atom. The number of rotatable bonds is 0. The Morgan fingerprint density at radius 2 is 1.95 bits per heavy atom. The van der Waals surface area contributed by atoms with Gasteiger partial charge in [-0.2, -0.15) is 0 Å². The van der Waals surface area contributed by atoms with E-state index in [-0.39, 0.29) is 5.54 Å². The van der Waals surface area contributed by atoms with Crippen molar-refractivity contribution in [2.24, 2.45) is 0 Å². The minimum absolute atomic E-state index is 0.134. The average molecular weight is 268 g/mol. The molecule has 2 aliphatic rings. The third-order valence-corrected chi connectivity index (χ3v) is 5.12. The van der Waals surface area contributed by atoms with Gasteiger partial charge in [0.05, 0.1) is 5.54 Å². The van der Waals surface area contributed by atoms with Gasteiger partial charge in [0.1, 0.15) is 0 Å². The van der Waals surface area contributed by atoms with Crippen molar-refractivity contribution in [3.05, 3.63) is 29.8 Å². The highest BCUT2D eigenvalue weighted by molar-refractivity contribution is 5.62. The third kappa shape index (κ3) is 1.63. The molecule has 1 fully saturated rings. The molecule has 2 aromatic rings. The van der Waals surface area contributed by atoms with Crippen LogP contribution >= 0.6 is 0 Å². The third-order valence-electron chi connectivity index (χ3n) is 5.12.